The number of pyridine rings is 2. The van der Waals surface area contributed by atoms with E-state index >= 15 is 0 Å². The van der Waals surface area contributed by atoms with Gasteiger partial charge in [0.15, 0.2) is 0 Å². The molecule has 4 rings (SSSR count). The molecule has 3 heterocycles. The Kier molecular flexibility index (Phi) is 4.26. The van der Waals surface area contributed by atoms with Crippen LogP contribution in [0.1, 0.15) is 5.56 Å². The van der Waals surface area contributed by atoms with Crippen LogP contribution in [0.5, 0.6) is 0 Å². The molecule has 0 saturated carbocycles. The van der Waals surface area contributed by atoms with Crippen LogP contribution in [0.25, 0.3) is 22.2 Å². The lowest BCUT2D eigenvalue weighted by Crippen LogP contribution is -2.28. The maximum Gasteiger partial charge on any atom is 0.320 e. The van der Waals surface area contributed by atoms with Crippen molar-refractivity contribution in [2.24, 2.45) is 0 Å². The van der Waals surface area contributed by atoms with Crippen LogP contribution in [-0.4, -0.2) is 26.2 Å². The first-order chi connectivity index (χ1) is 12.8. The Morgan fingerprint density at radius 3 is 2.69 bits per heavy atom. The van der Waals surface area contributed by atoms with Gasteiger partial charge in [-0.2, -0.15) is 5.10 Å². The van der Waals surface area contributed by atoms with Crippen molar-refractivity contribution in [1.29, 1.82) is 0 Å². The molecule has 0 atom stereocenters. The Bertz CT molecular complexity index is 1030. The summed E-state index contributed by atoms with van der Waals surface area (Å²) in [7, 11) is 0. The first kappa shape index (κ1) is 15.8. The second kappa shape index (κ2) is 7.02. The van der Waals surface area contributed by atoms with Crippen LogP contribution in [-0.2, 0) is 6.54 Å². The average Bonchev–Trinajstić information content (AvgIpc) is 3.21. The van der Waals surface area contributed by atoms with Crippen molar-refractivity contribution in [3.63, 3.8) is 0 Å². The molecule has 1 aromatic carbocycles. The van der Waals surface area contributed by atoms with Crippen molar-refractivity contribution in [1.82, 2.24) is 25.5 Å². The Morgan fingerprint density at radius 1 is 1.00 bits per heavy atom. The van der Waals surface area contributed by atoms with E-state index in [0.717, 1.165) is 22.2 Å². The van der Waals surface area contributed by atoms with Crippen LogP contribution < -0.4 is 10.6 Å². The molecular formula is C19H16N6O. The van der Waals surface area contributed by atoms with E-state index in [1.54, 1.807) is 24.7 Å². The van der Waals surface area contributed by atoms with E-state index < -0.39 is 0 Å². The van der Waals surface area contributed by atoms with E-state index in [2.05, 4.69) is 30.8 Å². The second-order valence-electron chi connectivity index (χ2n) is 5.74. The van der Waals surface area contributed by atoms with E-state index in [-0.39, 0.29) is 6.03 Å². The van der Waals surface area contributed by atoms with Crippen molar-refractivity contribution in [2.45, 2.75) is 6.54 Å². The summed E-state index contributed by atoms with van der Waals surface area (Å²) in [5.41, 5.74) is 4.32. The topological polar surface area (TPSA) is 95.6 Å². The van der Waals surface area contributed by atoms with Gasteiger partial charge in [0.05, 0.1) is 17.2 Å². The largest absolute Gasteiger partial charge is 0.334 e. The predicted molar refractivity (Wildman–Crippen MR) is 99.4 cm³/mol. The molecule has 0 radical (unpaired) electrons. The molecule has 0 aliphatic heterocycles. The molecule has 0 bridgehead atoms. The van der Waals surface area contributed by atoms with E-state index in [1.807, 2.05) is 42.5 Å². The highest BCUT2D eigenvalue weighted by Crippen LogP contribution is 2.21. The SMILES string of the molecule is O=C(NCc1ccccc1)Nc1ccc2ncc(-c3cn[nH]c3)cc2n1. The Balaban J connectivity index is 1.48. The fourth-order valence-corrected chi connectivity index (χ4v) is 2.58. The summed E-state index contributed by atoms with van der Waals surface area (Å²) in [5, 5.41) is 12.3. The highest BCUT2D eigenvalue weighted by atomic mass is 16.2. The molecule has 128 valence electrons. The summed E-state index contributed by atoms with van der Waals surface area (Å²) in [6, 6.07) is 14.9. The number of benzene rings is 1. The third kappa shape index (κ3) is 3.51. The van der Waals surface area contributed by atoms with Gasteiger partial charge >= 0.3 is 6.03 Å². The lowest BCUT2D eigenvalue weighted by molar-refractivity contribution is 0.251. The van der Waals surface area contributed by atoms with Gasteiger partial charge in [-0.1, -0.05) is 30.3 Å². The number of carbonyl (C=O) groups is 1. The average molecular weight is 344 g/mol. The summed E-state index contributed by atoms with van der Waals surface area (Å²) < 4.78 is 0. The number of nitrogens with zero attached hydrogens (tertiary/aromatic N) is 3. The third-order valence-electron chi connectivity index (χ3n) is 3.91. The number of carbonyl (C=O) groups excluding carboxylic acids is 1. The molecule has 0 spiro atoms. The van der Waals surface area contributed by atoms with Crippen LogP contribution in [0.3, 0.4) is 0 Å². The molecule has 0 unspecified atom stereocenters. The third-order valence-corrected chi connectivity index (χ3v) is 3.91. The second-order valence-corrected chi connectivity index (χ2v) is 5.74. The number of hydrogen-bond donors (Lipinski definition) is 3. The fourth-order valence-electron chi connectivity index (χ4n) is 2.58. The van der Waals surface area contributed by atoms with Crippen molar-refractivity contribution in [2.75, 3.05) is 5.32 Å². The van der Waals surface area contributed by atoms with E-state index in [1.165, 1.54) is 0 Å². The van der Waals surface area contributed by atoms with Gasteiger partial charge in [-0.25, -0.2) is 9.78 Å². The molecule has 2 amide bonds. The number of amides is 2. The lowest BCUT2D eigenvalue weighted by atomic mass is 10.1. The molecule has 7 heteroatoms. The van der Waals surface area contributed by atoms with Crippen LogP contribution in [0.2, 0.25) is 0 Å². The lowest BCUT2D eigenvalue weighted by Gasteiger charge is -2.08. The minimum atomic E-state index is -0.306. The van der Waals surface area contributed by atoms with Gasteiger partial charge in [0.2, 0.25) is 0 Å². The van der Waals surface area contributed by atoms with E-state index in [4.69, 9.17) is 0 Å². The van der Waals surface area contributed by atoms with Crippen LogP contribution >= 0.6 is 0 Å². The first-order valence-electron chi connectivity index (χ1n) is 8.13. The number of anilines is 1. The van der Waals surface area contributed by atoms with Crippen molar-refractivity contribution < 1.29 is 4.79 Å². The summed E-state index contributed by atoms with van der Waals surface area (Å²) in [4.78, 5) is 21.0. The quantitative estimate of drug-likeness (QED) is 0.529. The maximum atomic E-state index is 12.1. The summed E-state index contributed by atoms with van der Waals surface area (Å²) in [6.07, 6.45) is 5.29. The van der Waals surface area contributed by atoms with Crippen molar-refractivity contribution in [3.8, 4) is 11.1 Å². The predicted octanol–water partition coefficient (Wildman–Crippen LogP) is 3.34. The number of fused-ring (bicyclic) bond motifs is 1. The molecule has 7 nitrogen and oxygen atoms in total. The van der Waals surface area contributed by atoms with Gasteiger partial charge in [-0.05, 0) is 23.8 Å². The van der Waals surface area contributed by atoms with E-state index in [0.29, 0.717) is 17.9 Å². The van der Waals surface area contributed by atoms with Gasteiger partial charge < -0.3 is 5.32 Å². The fraction of sp³-hybridized carbons (Fsp3) is 0.0526. The number of rotatable bonds is 4. The van der Waals surface area contributed by atoms with E-state index in [9.17, 15) is 4.79 Å². The van der Waals surface area contributed by atoms with Crippen molar-refractivity contribution >= 4 is 22.9 Å². The zero-order valence-electron chi connectivity index (χ0n) is 13.8. The molecular weight excluding hydrogens is 328 g/mol. The number of nitrogens with one attached hydrogen (secondary N) is 3. The molecule has 0 aliphatic carbocycles. The van der Waals surface area contributed by atoms with Gasteiger partial charge in [-0.15, -0.1) is 0 Å². The number of aromatic nitrogens is 4. The van der Waals surface area contributed by atoms with Crippen molar-refractivity contribution in [3.05, 3.63) is 72.7 Å². The number of urea groups is 1. The van der Waals surface area contributed by atoms with Crippen LogP contribution in [0, 0.1) is 0 Å². The Morgan fingerprint density at radius 2 is 1.88 bits per heavy atom. The number of H-pyrrole nitrogens is 1. The molecule has 0 fully saturated rings. The zero-order chi connectivity index (χ0) is 17.8. The summed E-state index contributed by atoms with van der Waals surface area (Å²) in [6.45, 7) is 0.451. The Hall–Kier alpha value is -3.74. The minimum Gasteiger partial charge on any atom is -0.334 e. The van der Waals surface area contributed by atoms with Gasteiger partial charge in [0.25, 0.3) is 0 Å². The van der Waals surface area contributed by atoms with Gasteiger partial charge in [0, 0.05) is 30.1 Å². The molecule has 3 N–H and O–H groups in total. The van der Waals surface area contributed by atoms with Gasteiger partial charge in [-0.3, -0.25) is 15.4 Å². The van der Waals surface area contributed by atoms with Gasteiger partial charge in [0.1, 0.15) is 5.82 Å². The normalized spacial score (nSPS) is 10.6. The molecule has 4 aromatic rings. The number of hydrogen-bond acceptors (Lipinski definition) is 4. The Labute approximate surface area is 149 Å². The zero-order valence-corrected chi connectivity index (χ0v) is 13.8. The molecule has 0 saturated heterocycles. The van der Waals surface area contributed by atoms with Crippen LogP contribution in [0.15, 0.2) is 67.1 Å². The highest BCUT2D eigenvalue weighted by Gasteiger charge is 2.06. The maximum absolute atomic E-state index is 12.1. The smallest absolute Gasteiger partial charge is 0.320 e. The first-order valence-corrected chi connectivity index (χ1v) is 8.13. The van der Waals surface area contributed by atoms with Crippen LogP contribution in [0.4, 0.5) is 10.6 Å². The summed E-state index contributed by atoms with van der Waals surface area (Å²) in [5.74, 6) is 0.467. The monoisotopic (exact) mass is 344 g/mol. The number of aromatic amines is 1. The molecule has 26 heavy (non-hydrogen) atoms. The summed E-state index contributed by atoms with van der Waals surface area (Å²) >= 11 is 0. The standard InChI is InChI=1S/C19H16N6O/c26-19(21-9-13-4-2-1-3-5-13)25-18-7-6-16-17(24-18)8-14(10-20-16)15-11-22-23-12-15/h1-8,10-12H,9H2,(H,22,23)(H2,21,24,25,26). The highest BCUT2D eigenvalue weighted by molar-refractivity contribution is 5.90. The minimum absolute atomic E-state index is 0.306. The molecule has 0 aliphatic rings. The molecule has 3 aromatic heterocycles.